The molecular weight excluding hydrogens is 382 g/mol. The van der Waals surface area contributed by atoms with Crippen molar-refractivity contribution in [2.24, 2.45) is 10.2 Å². The van der Waals surface area contributed by atoms with Crippen LogP contribution in [0.25, 0.3) is 11.3 Å². The highest BCUT2D eigenvalue weighted by atomic mass is 32.2. The van der Waals surface area contributed by atoms with E-state index in [1.54, 1.807) is 28.9 Å². The second-order valence-corrected chi connectivity index (χ2v) is 7.71. The van der Waals surface area contributed by atoms with Crippen molar-refractivity contribution in [2.45, 2.75) is 25.3 Å². The zero-order valence-corrected chi connectivity index (χ0v) is 16.1. The summed E-state index contributed by atoms with van der Waals surface area (Å²) in [5.74, 6) is 0.640. The van der Waals surface area contributed by atoms with Crippen molar-refractivity contribution in [3.8, 4) is 11.3 Å². The molecule has 9 nitrogen and oxygen atoms in total. The van der Waals surface area contributed by atoms with E-state index in [9.17, 15) is 13.2 Å². The van der Waals surface area contributed by atoms with Crippen molar-refractivity contribution in [3.05, 3.63) is 59.6 Å². The van der Waals surface area contributed by atoms with Gasteiger partial charge in [-0.15, -0.1) is 0 Å². The van der Waals surface area contributed by atoms with Crippen molar-refractivity contribution < 1.29 is 17.6 Å². The third-order valence-corrected chi connectivity index (χ3v) is 4.80. The first kappa shape index (κ1) is 19.5. The van der Waals surface area contributed by atoms with Crippen LogP contribution in [0.2, 0.25) is 0 Å². The fourth-order valence-corrected chi connectivity index (χ4v) is 3.08. The maximum absolute atomic E-state index is 11.9. The SMILES string of the molecule is Cc1cc(C)n(CC(=O)NN=Cc2ccc(-c3ccc(S(N)(=O)=O)cc3)o2)n1. The summed E-state index contributed by atoms with van der Waals surface area (Å²) in [6.45, 7) is 3.80. The molecule has 0 radical (unpaired) electrons. The van der Waals surface area contributed by atoms with Gasteiger partial charge in [-0.25, -0.2) is 19.0 Å². The number of hydrazone groups is 1. The van der Waals surface area contributed by atoms with E-state index < -0.39 is 10.0 Å². The van der Waals surface area contributed by atoms with Gasteiger partial charge in [0.1, 0.15) is 18.1 Å². The summed E-state index contributed by atoms with van der Waals surface area (Å²) in [7, 11) is -3.74. The van der Waals surface area contributed by atoms with Crippen LogP contribution < -0.4 is 10.6 Å². The van der Waals surface area contributed by atoms with Gasteiger partial charge in [-0.3, -0.25) is 9.48 Å². The van der Waals surface area contributed by atoms with Crippen LogP contribution in [0.15, 0.2) is 56.9 Å². The van der Waals surface area contributed by atoms with Crippen molar-refractivity contribution in [1.29, 1.82) is 0 Å². The molecule has 0 spiro atoms. The Hall–Kier alpha value is -3.24. The molecule has 3 rings (SSSR count). The zero-order chi connectivity index (χ0) is 20.3. The number of hydrogen-bond donors (Lipinski definition) is 2. The Bertz CT molecular complexity index is 1130. The Morgan fingerprint density at radius 3 is 2.57 bits per heavy atom. The minimum absolute atomic E-state index is 0.0231. The summed E-state index contributed by atoms with van der Waals surface area (Å²) >= 11 is 0. The molecule has 0 unspecified atom stereocenters. The number of furan rings is 1. The van der Waals surface area contributed by atoms with Gasteiger partial charge in [-0.2, -0.15) is 10.2 Å². The third-order valence-electron chi connectivity index (χ3n) is 3.87. The molecule has 0 saturated heterocycles. The molecule has 28 heavy (non-hydrogen) atoms. The molecule has 0 saturated carbocycles. The number of hydrogen-bond acceptors (Lipinski definition) is 6. The third kappa shape index (κ3) is 4.72. The van der Waals surface area contributed by atoms with Gasteiger partial charge in [-0.05, 0) is 56.3 Å². The first-order valence-electron chi connectivity index (χ1n) is 8.28. The summed E-state index contributed by atoms with van der Waals surface area (Å²) in [6, 6.07) is 11.3. The number of nitrogens with one attached hydrogen (secondary N) is 1. The van der Waals surface area contributed by atoms with Gasteiger partial charge in [0.15, 0.2) is 0 Å². The van der Waals surface area contributed by atoms with E-state index in [-0.39, 0.29) is 17.3 Å². The molecule has 10 heteroatoms. The molecule has 0 fully saturated rings. The molecular formula is C18H19N5O4S. The van der Waals surface area contributed by atoms with Crippen molar-refractivity contribution in [1.82, 2.24) is 15.2 Å². The molecule has 1 aromatic carbocycles. The average Bonchev–Trinajstić information content (AvgIpc) is 3.21. The topological polar surface area (TPSA) is 133 Å². The molecule has 3 N–H and O–H groups in total. The number of carbonyl (C=O) groups excluding carboxylic acids is 1. The lowest BCUT2D eigenvalue weighted by atomic mass is 10.2. The highest BCUT2D eigenvalue weighted by Gasteiger charge is 2.09. The summed E-state index contributed by atoms with van der Waals surface area (Å²) in [5, 5.41) is 13.2. The first-order chi connectivity index (χ1) is 13.2. The summed E-state index contributed by atoms with van der Waals surface area (Å²) in [6.07, 6.45) is 1.38. The first-order valence-corrected chi connectivity index (χ1v) is 9.83. The molecule has 0 aliphatic carbocycles. The monoisotopic (exact) mass is 401 g/mol. The van der Waals surface area contributed by atoms with Crippen LogP contribution in [0.3, 0.4) is 0 Å². The molecule has 0 bridgehead atoms. The number of amides is 1. The van der Waals surface area contributed by atoms with Crippen LogP contribution in [-0.2, 0) is 21.4 Å². The summed E-state index contributed by atoms with van der Waals surface area (Å²) < 4.78 is 29.8. The highest BCUT2D eigenvalue weighted by Crippen LogP contribution is 2.22. The molecule has 0 atom stereocenters. The second kappa shape index (κ2) is 7.79. The Kier molecular flexibility index (Phi) is 5.43. The van der Waals surface area contributed by atoms with Gasteiger partial charge in [0.25, 0.3) is 5.91 Å². The quantitative estimate of drug-likeness (QED) is 0.478. The molecule has 146 valence electrons. The fraction of sp³-hybridized carbons (Fsp3) is 0.167. The van der Waals surface area contributed by atoms with E-state index in [2.05, 4.69) is 15.6 Å². The maximum Gasteiger partial charge on any atom is 0.261 e. The van der Waals surface area contributed by atoms with Crippen LogP contribution in [0.5, 0.6) is 0 Å². The molecule has 2 heterocycles. The number of sulfonamides is 1. The largest absolute Gasteiger partial charge is 0.455 e. The number of nitrogens with zero attached hydrogens (tertiary/aromatic N) is 3. The molecule has 0 aliphatic rings. The van der Waals surface area contributed by atoms with Crippen LogP contribution in [0.4, 0.5) is 0 Å². The molecule has 0 aliphatic heterocycles. The normalized spacial score (nSPS) is 11.8. The summed E-state index contributed by atoms with van der Waals surface area (Å²) in [4.78, 5) is 12.0. The lowest BCUT2D eigenvalue weighted by Crippen LogP contribution is -2.24. The van der Waals surface area contributed by atoms with Crippen molar-refractivity contribution >= 4 is 22.1 Å². The number of benzene rings is 1. The number of carbonyl (C=O) groups is 1. The molecule has 3 aromatic rings. The predicted molar refractivity (Wildman–Crippen MR) is 103 cm³/mol. The second-order valence-electron chi connectivity index (χ2n) is 6.15. The Morgan fingerprint density at radius 2 is 1.96 bits per heavy atom. The van der Waals surface area contributed by atoms with Gasteiger partial charge in [0, 0.05) is 11.3 Å². The number of aromatic nitrogens is 2. The van der Waals surface area contributed by atoms with E-state index in [0.29, 0.717) is 17.1 Å². The lowest BCUT2D eigenvalue weighted by Gasteiger charge is -2.02. The van der Waals surface area contributed by atoms with Crippen LogP contribution >= 0.6 is 0 Å². The number of primary sulfonamides is 1. The summed E-state index contributed by atoms with van der Waals surface area (Å²) in [5.41, 5.74) is 4.83. The van der Waals surface area contributed by atoms with Gasteiger partial charge in [0.05, 0.1) is 16.8 Å². The van der Waals surface area contributed by atoms with Crippen molar-refractivity contribution in [3.63, 3.8) is 0 Å². The van der Waals surface area contributed by atoms with Gasteiger partial charge in [0.2, 0.25) is 10.0 Å². The smallest absolute Gasteiger partial charge is 0.261 e. The van der Waals surface area contributed by atoms with E-state index in [1.165, 1.54) is 18.3 Å². The maximum atomic E-state index is 11.9. The lowest BCUT2D eigenvalue weighted by molar-refractivity contribution is -0.121. The van der Waals surface area contributed by atoms with Crippen LogP contribution in [-0.4, -0.2) is 30.3 Å². The minimum atomic E-state index is -3.74. The highest BCUT2D eigenvalue weighted by molar-refractivity contribution is 7.89. The predicted octanol–water partition coefficient (Wildman–Crippen LogP) is 1.56. The minimum Gasteiger partial charge on any atom is -0.455 e. The fourth-order valence-electron chi connectivity index (χ4n) is 2.56. The van der Waals surface area contributed by atoms with Gasteiger partial charge >= 0.3 is 0 Å². The molecule has 1 amide bonds. The standard InChI is InChI=1S/C18H19N5O4S/c1-12-9-13(2)23(22-12)11-18(24)21-20-10-15-5-8-17(27-15)14-3-6-16(7-4-14)28(19,25)26/h3-10H,11H2,1-2H3,(H,21,24)(H2,19,25,26). The van der Waals surface area contributed by atoms with Crippen molar-refractivity contribution in [2.75, 3.05) is 0 Å². The van der Waals surface area contributed by atoms with Crippen LogP contribution in [0, 0.1) is 13.8 Å². The molecule has 2 aromatic heterocycles. The van der Waals surface area contributed by atoms with E-state index in [0.717, 1.165) is 11.4 Å². The van der Waals surface area contributed by atoms with Crippen LogP contribution in [0.1, 0.15) is 17.1 Å². The van der Waals surface area contributed by atoms with E-state index in [1.807, 2.05) is 19.9 Å². The number of aryl methyl sites for hydroxylation is 2. The zero-order valence-electron chi connectivity index (χ0n) is 15.3. The van der Waals surface area contributed by atoms with Gasteiger partial charge in [-0.1, -0.05) is 0 Å². The van der Waals surface area contributed by atoms with E-state index >= 15 is 0 Å². The Balaban J connectivity index is 1.61. The number of nitrogens with two attached hydrogens (primary N) is 1. The Labute approximate surface area is 161 Å². The average molecular weight is 401 g/mol. The Morgan fingerprint density at radius 1 is 1.25 bits per heavy atom. The van der Waals surface area contributed by atoms with Gasteiger partial charge < -0.3 is 4.42 Å². The van der Waals surface area contributed by atoms with E-state index in [4.69, 9.17) is 9.56 Å². The number of rotatable bonds is 6.